The Morgan fingerprint density at radius 3 is 2.46 bits per heavy atom. The molecule has 0 aromatic heterocycles. The summed E-state index contributed by atoms with van der Waals surface area (Å²) in [5, 5.41) is 2.67. The number of benzene rings is 1. The van der Waals surface area contributed by atoms with E-state index in [1.54, 1.807) is 12.1 Å². The van der Waals surface area contributed by atoms with Crippen LogP contribution in [0, 0.1) is 11.2 Å². The number of hydrogen-bond acceptors (Lipinski definition) is 3. The molecular formula is C18H21FN2O3. The third-order valence-electron chi connectivity index (χ3n) is 5.00. The van der Waals surface area contributed by atoms with E-state index in [1.807, 2.05) is 0 Å². The topological polar surface area (TPSA) is 66.5 Å². The minimum atomic E-state index is -0.563. The lowest BCUT2D eigenvalue weighted by molar-refractivity contribution is -0.145. The molecule has 2 aliphatic rings. The third-order valence-corrected chi connectivity index (χ3v) is 5.00. The first-order valence-electron chi connectivity index (χ1n) is 8.36. The predicted octanol–water partition coefficient (Wildman–Crippen LogP) is 2.15. The second-order valence-corrected chi connectivity index (χ2v) is 6.71. The average Bonchev–Trinajstić information content (AvgIpc) is 2.79. The van der Waals surface area contributed by atoms with Gasteiger partial charge in [0.15, 0.2) is 0 Å². The van der Waals surface area contributed by atoms with E-state index < -0.39 is 5.41 Å². The number of hydrogen-bond donors (Lipinski definition) is 1. The number of carbonyl (C=O) groups excluding carboxylic acids is 3. The van der Waals surface area contributed by atoms with E-state index in [2.05, 4.69) is 5.32 Å². The number of likely N-dealkylation sites (tertiary alicyclic amines) is 1. The molecule has 3 rings (SSSR count). The lowest BCUT2D eigenvalue weighted by Gasteiger charge is -2.30. The fraction of sp³-hybridized carbons (Fsp3) is 0.500. The molecule has 0 radical (unpaired) electrons. The quantitative estimate of drug-likeness (QED) is 0.859. The van der Waals surface area contributed by atoms with Gasteiger partial charge in [0, 0.05) is 13.0 Å². The zero-order valence-electron chi connectivity index (χ0n) is 13.5. The van der Waals surface area contributed by atoms with Crippen LogP contribution in [-0.4, -0.2) is 29.2 Å². The second kappa shape index (κ2) is 6.71. The summed E-state index contributed by atoms with van der Waals surface area (Å²) in [5.74, 6) is -1.16. The van der Waals surface area contributed by atoms with Crippen LogP contribution in [0.5, 0.6) is 0 Å². The molecule has 1 spiro atoms. The van der Waals surface area contributed by atoms with Crippen molar-refractivity contribution in [3.63, 3.8) is 0 Å². The highest BCUT2D eigenvalue weighted by molar-refractivity contribution is 6.08. The first kappa shape index (κ1) is 16.6. The molecule has 1 N–H and O–H groups in total. The van der Waals surface area contributed by atoms with Gasteiger partial charge in [0.25, 0.3) is 0 Å². The third kappa shape index (κ3) is 3.32. The summed E-state index contributed by atoms with van der Waals surface area (Å²) in [6, 6.07) is 5.81. The molecule has 1 aliphatic heterocycles. The van der Waals surface area contributed by atoms with Crippen LogP contribution in [0.1, 0.15) is 44.1 Å². The SMILES string of the molecule is O=C(CN1C(=O)CC2(CCCCC2)C1=O)NCc1ccc(F)cc1. The van der Waals surface area contributed by atoms with Crippen LogP contribution in [-0.2, 0) is 20.9 Å². The van der Waals surface area contributed by atoms with E-state index in [0.717, 1.165) is 42.6 Å². The molecule has 1 aromatic rings. The summed E-state index contributed by atoms with van der Waals surface area (Å²) in [6.07, 6.45) is 4.74. The number of amides is 3. The van der Waals surface area contributed by atoms with Crippen molar-refractivity contribution < 1.29 is 18.8 Å². The summed E-state index contributed by atoms with van der Waals surface area (Å²) in [4.78, 5) is 38.0. The zero-order chi connectivity index (χ0) is 17.2. The minimum absolute atomic E-state index is 0.191. The maximum absolute atomic E-state index is 12.8. The smallest absolute Gasteiger partial charge is 0.240 e. The lowest BCUT2D eigenvalue weighted by atomic mass is 9.73. The van der Waals surface area contributed by atoms with E-state index in [1.165, 1.54) is 12.1 Å². The Kier molecular flexibility index (Phi) is 4.64. The van der Waals surface area contributed by atoms with Crippen molar-refractivity contribution in [3.8, 4) is 0 Å². The fourth-order valence-electron chi connectivity index (χ4n) is 3.64. The molecule has 24 heavy (non-hydrogen) atoms. The summed E-state index contributed by atoms with van der Waals surface area (Å²) >= 11 is 0. The van der Waals surface area contributed by atoms with E-state index in [4.69, 9.17) is 0 Å². The van der Waals surface area contributed by atoms with E-state index in [-0.39, 0.29) is 43.0 Å². The Morgan fingerprint density at radius 1 is 1.12 bits per heavy atom. The summed E-state index contributed by atoms with van der Waals surface area (Å²) < 4.78 is 12.8. The van der Waals surface area contributed by atoms with E-state index >= 15 is 0 Å². The van der Waals surface area contributed by atoms with Gasteiger partial charge in [0.2, 0.25) is 17.7 Å². The van der Waals surface area contributed by atoms with Crippen LogP contribution >= 0.6 is 0 Å². The van der Waals surface area contributed by atoms with Crippen molar-refractivity contribution >= 4 is 17.7 Å². The molecule has 1 saturated heterocycles. The molecule has 5 nitrogen and oxygen atoms in total. The zero-order valence-corrected chi connectivity index (χ0v) is 13.5. The first-order valence-corrected chi connectivity index (χ1v) is 8.36. The van der Waals surface area contributed by atoms with Crippen molar-refractivity contribution in [3.05, 3.63) is 35.6 Å². The van der Waals surface area contributed by atoms with Crippen molar-refractivity contribution in [2.45, 2.75) is 45.1 Å². The van der Waals surface area contributed by atoms with Crippen molar-refractivity contribution in [1.82, 2.24) is 10.2 Å². The molecule has 0 bridgehead atoms. The Bertz CT molecular complexity index is 651. The van der Waals surface area contributed by atoms with Crippen molar-refractivity contribution in [2.75, 3.05) is 6.54 Å². The van der Waals surface area contributed by atoms with Gasteiger partial charge in [0.05, 0.1) is 5.41 Å². The molecule has 1 heterocycles. The molecule has 1 aliphatic carbocycles. The monoisotopic (exact) mass is 332 g/mol. The molecule has 1 aromatic carbocycles. The molecule has 128 valence electrons. The summed E-state index contributed by atoms with van der Waals surface area (Å²) in [6.45, 7) is 0.00108. The van der Waals surface area contributed by atoms with Crippen LogP contribution in [0.3, 0.4) is 0 Å². The van der Waals surface area contributed by atoms with Gasteiger partial charge in [-0.05, 0) is 30.5 Å². The van der Waals surface area contributed by atoms with Crippen LogP contribution in [0.25, 0.3) is 0 Å². The summed E-state index contributed by atoms with van der Waals surface area (Å²) in [5.41, 5.74) is 0.194. The molecule has 6 heteroatoms. The summed E-state index contributed by atoms with van der Waals surface area (Å²) in [7, 11) is 0. The van der Waals surface area contributed by atoms with Gasteiger partial charge in [-0.2, -0.15) is 0 Å². The largest absolute Gasteiger partial charge is 0.350 e. The van der Waals surface area contributed by atoms with Crippen molar-refractivity contribution in [2.24, 2.45) is 5.41 Å². The number of halogens is 1. The van der Waals surface area contributed by atoms with Gasteiger partial charge in [-0.25, -0.2) is 4.39 Å². The highest BCUT2D eigenvalue weighted by atomic mass is 19.1. The molecule has 2 fully saturated rings. The Hall–Kier alpha value is -2.24. The van der Waals surface area contributed by atoms with Gasteiger partial charge >= 0.3 is 0 Å². The normalized spacial score (nSPS) is 19.8. The number of imide groups is 1. The molecule has 1 saturated carbocycles. The fourth-order valence-corrected chi connectivity index (χ4v) is 3.64. The van der Waals surface area contributed by atoms with Gasteiger partial charge in [-0.3, -0.25) is 19.3 Å². The molecule has 0 unspecified atom stereocenters. The highest BCUT2D eigenvalue weighted by Gasteiger charge is 2.51. The first-order chi connectivity index (χ1) is 11.5. The maximum Gasteiger partial charge on any atom is 0.240 e. The van der Waals surface area contributed by atoms with Gasteiger partial charge in [-0.1, -0.05) is 31.4 Å². The lowest BCUT2D eigenvalue weighted by Crippen LogP contribution is -2.42. The van der Waals surface area contributed by atoms with Crippen molar-refractivity contribution in [1.29, 1.82) is 0 Å². The number of rotatable bonds is 4. The molecular weight excluding hydrogens is 311 g/mol. The van der Waals surface area contributed by atoms with Gasteiger partial charge < -0.3 is 5.32 Å². The van der Waals surface area contributed by atoms with Crippen LogP contribution in [0.15, 0.2) is 24.3 Å². The molecule has 3 amide bonds. The van der Waals surface area contributed by atoms with Gasteiger partial charge in [-0.15, -0.1) is 0 Å². The minimum Gasteiger partial charge on any atom is -0.350 e. The van der Waals surface area contributed by atoms with E-state index in [0.29, 0.717) is 0 Å². The number of nitrogens with zero attached hydrogens (tertiary/aromatic N) is 1. The Balaban J connectivity index is 1.56. The standard InChI is InChI=1S/C18H21FN2O3/c19-14-6-4-13(5-7-14)11-20-15(22)12-21-16(23)10-18(17(21)24)8-2-1-3-9-18/h4-7H,1-3,8-12H2,(H,20,22). The number of carbonyl (C=O) groups is 3. The maximum atomic E-state index is 12.8. The number of nitrogens with one attached hydrogen (secondary N) is 1. The Labute approximate surface area is 140 Å². The van der Waals surface area contributed by atoms with Crippen LogP contribution in [0.4, 0.5) is 4.39 Å². The van der Waals surface area contributed by atoms with Gasteiger partial charge in [0.1, 0.15) is 12.4 Å². The predicted molar refractivity (Wildman–Crippen MR) is 85.1 cm³/mol. The highest BCUT2D eigenvalue weighted by Crippen LogP contribution is 2.45. The van der Waals surface area contributed by atoms with E-state index in [9.17, 15) is 18.8 Å². The molecule has 0 atom stereocenters. The van der Waals surface area contributed by atoms with Crippen LogP contribution in [0.2, 0.25) is 0 Å². The Morgan fingerprint density at radius 2 is 1.79 bits per heavy atom. The second-order valence-electron chi connectivity index (χ2n) is 6.71. The average molecular weight is 332 g/mol. The van der Waals surface area contributed by atoms with Crippen LogP contribution < -0.4 is 5.32 Å².